The molecule has 0 aliphatic carbocycles. The molecule has 29 heavy (non-hydrogen) atoms. The molecule has 0 radical (unpaired) electrons. The molecule has 0 bridgehead atoms. The van der Waals surface area contributed by atoms with Crippen LogP contribution in [0.5, 0.6) is 11.5 Å². The monoisotopic (exact) mass is 390 g/mol. The van der Waals surface area contributed by atoms with Crippen LogP contribution in [0.2, 0.25) is 0 Å². The SMILES string of the molecule is c1ccc(-c2nc(Nc3ccc4c(c3)OCCO4)cc(N3CCOCC3)n2)cc1. The summed E-state index contributed by atoms with van der Waals surface area (Å²) in [6, 6.07) is 17.8. The number of hydrogen-bond donors (Lipinski definition) is 1. The Kier molecular flexibility index (Phi) is 4.88. The summed E-state index contributed by atoms with van der Waals surface area (Å²) < 4.78 is 16.8. The van der Waals surface area contributed by atoms with Gasteiger partial charge in [-0.05, 0) is 12.1 Å². The van der Waals surface area contributed by atoms with Crippen molar-refractivity contribution in [3.05, 3.63) is 54.6 Å². The summed E-state index contributed by atoms with van der Waals surface area (Å²) in [5, 5.41) is 3.40. The van der Waals surface area contributed by atoms with Gasteiger partial charge in [-0.15, -0.1) is 0 Å². The average Bonchev–Trinajstić information content (AvgIpc) is 2.80. The fourth-order valence-corrected chi connectivity index (χ4v) is 3.44. The van der Waals surface area contributed by atoms with Crippen LogP contribution in [0, 0.1) is 0 Å². The Bertz CT molecular complexity index is 991. The molecule has 1 N–H and O–H groups in total. The standard InChI is InChI=1S/C22H22N4O3/c1-2-4-16(5-3-1)22-24-20(15-21(25-22)26-8-10-27-11-9-26)23-17-6-7-18-19(14-17)29-13-12-28-18/h1-7,14-15H,8-13H2,(H,23,24,25). The van der Waals surface area contributed by atoms with Gasteiger partial charge in [-0.2, -0.15) is 0 Å². The zero-order chi connectivity index (χ0) is 19.5. The fourth-order valence-electron chi connectivity index (χ4n) is 3.44. The highest BCUT2D eigenvalue weighted by atomic mass is 16.6. The Morgan fingerprint density at radius 1 is 0.793 bits per heavy atom. The Morgan fingerprint density at radius 2 is 1.59 bits per heavy atom. The summed E-state index contributed by atoms with van der Waals surface area (Å²) >= 11 is 0. The summed E-state index contributed by atoms with van der Waals surface area (Å²) in [5.74, 6) is 3.82. The first-order valence-corrected chi connectivity index (χ1v) is 9.79. The summed E-state index contributed by atoms with van der Waals surface area (Å²) in [5.41, 5.74) is 1.87. The van der Waals surface area contributed by atoms with Crippen molar-refractivity contribution in [2.45, 2.75) is 0 Å². The van der Waals surface area contributed by atoms with Crippen LogP contribution in [0.15, 0.2) is 54.6 Å². The van der Waals surface area contributed by atoms with Gasteiger partial charge in [0.05, 0.1) is 13.2 Å². The van der Waals surface area contributed by atoms with E-state index >= 15 is 0 Å². The topological polar surface area (TPSA) is 68.7 Å². The Balaban J connectivity index is 1.49. The number of fused-ring (bicyclic) bond motifs is 1. The van der Waals surface area contributed by atoms with Gasteiger partial charge < -0.3 is 24.4 Å². The van der Waals surface area contributed by atoms with Crippen molar-refractivity contribution in [1.29, 1.82) is 0 Å². The fraction of sp³-hybridized carbons (Fsp3) is 0.273. The molecule has 2 aliphatic rings. The minimum absolute atomic E-state index is 0.559. The maximum absolute atomic E-state index is 5.69. The minimum atomic E-state index is 0.559. The third-order valence-electron chi connectivity index (χ3n) is 4.89. The van der Waals surface area contributed by atoms with E-state index in [0.29, 0.717) is 32.3 Å². The van der Waals surface area contributed by atoms with Crippen molar-refractivity contribution in [3.8, 4) is 22.9 Å². The van der Waals surface area contributed by atoms with Crippen LogP contribution in [-0.2, 0) is 4.74 Å². The highest BCUT2D eigenvalue weighted by Crippen LogP contribution is 2.34. The first kappa shape index (κ1) is 17.8. The summed E-state index contributed by atoms with van der Waals surface area (Å²) in [4.78, 5) is 11.8. The molecule has 2 aliphatic heterocycles. The zero-order valence-corrected chi connectivity index (χ0v) is 16.0. The van der Waals surface area contributed by atoms with Crippen molar-refractivity contribution in [1.82, 2.24) is 9.97 Å². The predicted molar refractivity (Wildman–Crippen MR) is 111 cm³/mol. The van der Waals surface area contributed by atoms with Gasteiger partial charge in [0.15, 0.2) is 17.3 Å². The number of hydrogen-bond acceptors (Lipinski definition) is 7. The summed E-state index contributed by atoms with van der Waals surface area (Å²) in [6.07, 6.45) is 0. The lowest BCUT2D eigenvalue weighted by atomic mass is 10.2. The second kappa shape index (κ2) is 7.97. The number of morpholine rings is 1. The zero-order valence-electron chi connectivity index (χ0n) is 16.0. The van der Waals surface area contributed by atoms with Crippen molar-refractivity contribution in [3.63, 3.8) is 0 Å². The quantitative estimate of drug-likeness (QED) is 0.731. The second-order valence-corrected chi connectivity index (χ2v) is 6.88. The van der Waals surface area contributed by atoms with E-state index in [1.807, 2.05) is 54.6 Å². The number of nitrogens with zero attached hydrogens (tertiary/aromatic N) is 3. The van der Waals surface area contributed by atoms with Crippen molar-refractivity contribution in [2.75, 3.05) is 49.7 Å². The van der Waals surface area contributed by atoms with Crippen LogP contribution in [0.1, 0.15) is 0 Å². The highest BCUT2D eigenvalue weighted by molar-refractivity contribution is 5.67. The largest absolute Gasteiger partial charge is 0.486 e. The molecule has 0 spiro atoms. The summed E-state index contributed by atoms with van der Waals surface area (Å²) in [7, 11) is 0. The molecule has 0 atom stereocenters. The predicted octanol–water partition coefficient (Wildman–Crippen LogP) is 3.50. The molecule has 0 amide bonds. The lowest BCUT2D eigenvalue weighted by Crippen LogP contribution is -2.36. The Labute approximate surface area is 169 Å². The average molecular weight is 390 g/mol. The Hall–Kier alpha value is -3.32. The molecule has 1 fully saturated rings. The molecule has 1 saturated heterocycles. The molecule has 3 heterocycles. The molecule has 148 valence electrons. The first-order valence-electron chi connectivity index (χ1n) is 9.79. The van der Waals surface area contributed by atoms with Crippen LogP contribution in [0.25, 0.3) is 11.4 Å². The smallest absolute Gasteiger partial charge is 0.163 e. The molecule has 0 saturated carbocycles. The maximum atomic E-state index is 5.69. The molecule has 7 heteroatoms. The van der Waals surface area contributed by atoms with Crippen molar-refractivity contribution in [2.24, 2.45) is 0 Å². The van der Waals surface area contributed by atoms with Gasteiger partial charge >= 0.3 is 0 Å². The van der Waals surface area contributed by atoms with E-state index in [0.717, 1.165) is 47.5 Å². The normalized spacial score (nSPS) is 15.8. The van der Waals surface area contributed by atoms with E-state index in [2.05, 4.69) is 10.2 Å². The number of benzene rings is 2. The number of ether oxygens (including phenoxy) is 3. The van der Waals surface area contributed by atoms with Crippen molar-refractivity contribution < 1.29 is 14.2 Å². The highest BCUT2D eigenvalue weighted by Gasteiger charge is 2.17. The lowest BCUT2D eigenvalue weighted by Gasteiger charge is -2.28. The van der Waals surface area contributed by atoms with Crippen LogP contribution in [0.4, 0.5) is 17.3 Å². The Morgan fingerprint density at radius 3 is 2.41 bits per heavy atom. The number of nitrogens with one attached hydrogen (secondary N) is 1. The van der Waals surface area contributed by atoms with Crippen LogP contribution in [0.3, 0.4) is 0 Å². The van der Waals surface area contributed by atoms with Crippen molar-refractivity contribution >= 4 is 17.3 Å². The van der Waals surface area contributed by atoms with Gasteiger partial charge in [-0.1, -0.05) is 30.3 Å². The molecule has 1 aromatic heterocycles. The molecule has 0 unspecified atom stereocenters. The third kappa shape index (κ3) is 3.95. The number of rotatable bonds is 4. The number of anilines is 3. The third-order valence-corrected chi connectivity index (χ3v) is 4.89. The van der Waals surface area contributed by atoms with Crippen LogP contribution in [-0.4, -0.2) is 49.5 Å². The lowest BCUT2D eigenvalue weighted by molar-refractivity contribution is 0.122. The molecule has 3 aromatic rings. The van der Waals surface area contributed by atoms with E-state index in [1.165, 1.54) is 0 Å². The van der Waals surface area contributed by atoms with Gasteiger partial charge in [0.25, 0.3) is 0 Å². The molecule has 7 nitrogen and oxygen atoms in total. The van der Waals surface area contributed by atoms with Gasteiger partial charge in [-0.3, -0.25) is 0 Å². The number of aromatic nitrogens is 2. The van der Waals surface area contributed by atoms with E-state index in [4.69, 9.17) is 24.2 Å². The van der Waals surface area contributed by atoms with Gasteiger partial charge in [0.2, 0.25) is 0 Å². The molecule has 2 aromatic carbocycles. The molecule has 5 rings (SSSR count). The van der Waals surface area contributed by atoms with E-state index in [1.54, 1.807) is 0 Å². The minimum Gasteiger partial charge on any atom is -0.486 e. The van der Waals surface area contributed by atoms with E-state index in [9.17, 15) is 0 Å². The van der Waals surface area contributed by atoms with E-state index in [-0.39, 0.29) is 0 Å². The van der Waals surface area contributed by atoms with E-state index < -0.39 is 0 Å². The maximum Gasteiger partial charge on any atom is 0.163 e. The van der Waals surface area contributed by atoms with Crippen LogP contribution < -0.4 is 19.7 Å². The van der Waals surface area contributed by atoms with Gasteiger partial charge in [0.1, 0.15) is 24.8 Å². The van der Waals surface area contributed by atoms with Crippen LogP contribution >= 0.6 is 0 Å². The second-order valence-electron chi connectivity index (χ2n) is 6.88. The molecular weight excluding hydrogens is 368 g/mol. The van der Waals surface area contributed by atoms with Gasteiger partial charge in [-0.25, -0.2) is 9.97 Å². The molecular formula is C22H22N4O3. The summed E-state index contributed by atoms with van der Waals surface area (Å²) in [6.45, 7) is 4.17. The van der Waals surface area contributed by atoms with Gasteiger partial charge in [0, 0.05) is 36.5 Å². The first-order chi connectivity index (χ1) is 14.3.